The van der Waals surface area contributed by atoms with Crippen LogP contribution in [0.25, 0.3) is 11.4 Å². The van der Waals surface area contributed by atoms with Crippen LogP contribution in [0.15, 0.2) is 34.9 Å². The predicted molar refractivity (Wildman–Crippen MR) is 92.1 cm³/mol. The Balaban J connectivity index is 1.75. The summed E-state index contributed by atoms with van der Waals surface area (Å²) >= 11 is 0. The molecule has 1 aromatic carbocycles. The van der Waals surface area contributed by atoms with Gasteiger partial charge in [0.15, 0.2) is 0 Å². The van der Waals surface area contributed by atoms with Crippen molar-refractivity contribution in [2.45, 2.75) is 52.0 Å². The average molecular weight is 327 g/mol. The van der Waals surface area contributed by atoms with Crippen molar-refractivity contribution in [1.29, 1.82) is 0 Å². The van der Waals surface area contributed by atoms with E-state index in [4.69, 9.17) is 4.52 Å². The van der Waals surface area contributed by atoms with Crippen LogP contribution in [0, 0.1) is 5.92 Å². The second-order valence-corrected chi connectivity index (χ2v) is 6.46. The molecule has 1 unspecified atom stereocenters. The number of hydrogen-bond donors (Lipinski definition) is 0. The summed E-state index contributed by atoms with van der Waals surface area (Å²) in [5, 5.41) is 4.07. The van der Waals surface area contributed by atoms with Crippen LogP contribution in [0.1, 0.15) is 57.9 Å². The first-order chi connectivity index (χ1) is 11.7. The van der Waals surface area contributed by atoms with Crippen LogP contribution in [-0.2, 0) is 4.79 Å². The summed E-state index contributed by atoms with van der Waals surface area (Å²) < 4.78 is 5.45. The molecule has 3 rings (SSSR count). The summed E-state index contributed by atoms with van der Waals surface area (Å²) in [4.78, 5) is 19.2. The van der Waals surface area contributed by atoms with E-state index < -0.39 is 0 Å². The number of rotatable bonds is 5. The van der Waals surface area contributed by atoms with Gasteiger partial charge in [0.25, 0.3) is 0 Å². The molecule has 0 N–H and O–H groups in total. The Morgan fingerprint density at radius 3 is 2.62 bits per heavy atom. The second-order valence-electron chi connectivity index (χ2n) is 6.46. The highest BCUT2D eigenvalue weighted by Crippen LogP contribution is 2.29. The van der Waals surface area contributed by atoms with Gasteiger partial charge in [0.2, 0.25) is 17.6 Å². The number of amides is 1. The van der Waals surface area contributed by atoms with Crippen LogP contribution in [0.5, 0.6) is 0 Å². The zero-order valence-corrected chi connectivity index (χ0v) is 14.4. The molecule has 1 aliphatic rings. The van der Waals surface area contributed by atoms with E-state index in [9.17, 15) is 4.79 Å². The van der Waals surface area contributed by atoms with Crippen LogP contribution in [0.4, 0.5) is 0 Å². The van der Waals surface area contributed by atoms with Gasteiger partial charge < -0.3 is 9.42 Å². The number of nitrogens with zero attached hydrogens (tertiary/aromatic N) is 3. The summed E-state index contributed by atoms with van der Waals surface area (Å²) in [6, 6.07) is 9.54. The zero-order valence-electron chi connectivity index (χ0n) is 14.4. The third-order valence-electron chi connectivity index (χ3n) is 4.88. The molecule has 1 saturated carbocycles. The van der Waals surface area contributed by atoms with Crippen molar-refractivity contribution >= 4 is 5.91 Å². The molecule has 128 valence electrons. The van der Waals surface area contributed by atoms with Crippen LogP contribution in [0.3, 0.4) is 0 Å². The van der Waals surface area contributed by atoms with Crippen molar-refractivity contribution in [2.24, 2.45) is 5.92 Å². The maximum absolute atomic E-state index is 12.9. The zero-order chi connectivity index (χ0) is 16.9. The van der Waals surface area contributed by atoms with E-state index in [1.807, 2.05) is 49.1 Å². The molecule has 0 saturated heterocycles. The molecular weight excluding hydrogens is 302 g/mol. The fourth-order valence-corrected chi connectivity index (χ4v) is 3.45. The van der Waals surface area contributed by atoms with Gasteiger partial charge in [-0.15, -0.1) is 0 Å². The van der Waals surface area contributed by atoms with E-state index >= 15 is 0 Å². The highest BCUT2D eigenvalue weighted by atomic mass is 16.5. The molecule has 2 aromatic rings. The highest BCUT2D eigenvalue weighted by Gasteiger charge is 2.30. The Kier molecular flexibility index (Phi) is 5.28. The number of carbonyl (C=O) groups excluding carboxylic acids is 1. The third-order valence-corrected chi connectivity index (χ3v) is 4.88. The molecule has 24 heavy (non-hydrogen) atoms. The van der Waals surface area contributed by atoms with E-state index in [1.165, 1.54) is 6.42 Å². The van der Waals surface area contributed by atoms with Crippen LogP contribution in [-0.4, -0.2) is 27.5 Å². The van der Waals surface area contributed by atoms with Gasteiger partial charge in [0.1, 0.15) is 6.04 Å². The molecule has 0 spiro atoms. The summed E-state index contributed by atoms with van der Waals surface area (Å²) in [5.74, 6) is 1.44. The minimum atomic E-state index is -0.200. The van der Waals surface area contributed by atoms with Gasteiger partial charge in [-0.05, 0) is 26.7 Å². The Morgan fingerprint density at radius 1 is 1.25 bits per heavy atom. The minimum Gasteiger partial charge on any atom is -0.337 e. The molecule has 1 fully saturated rings. The van der Waals surface area contributed by atoms with Crippen LogP contribution >= 0.6 is 0 Å². The van der Waals surface area contributed by atoms with E-state index in [-0.39, 0.29) is 17.9 Å². The van der Waals surface area contributed by atoms with Gasteiger partial charge in [-0.1, -0.05) is 54.8 Å². The predicted octanol–water partition coefficient (Wildman–Crippen LogP) is 4.23. The molecule has 5 nitrogen and oxygen atoms in total. The molecule has 0 bridgehead atoms. The lowest BCUT2D eigenvalue weighted by molar-refractivity contribution is -0.139. The molecule has 1 amide bonds. The Hall–Kier alpha value is -2.17. The Bertz CT molecular complexity index is 662. The van der Waals surface area contributed by atoms with Crippen molar-refractivity contribution in [1.82, 2.24) is 15.0 Å². The molecule has 5 heteroatoms. The smallest absolute Gasteiger partial charge is 0.249 e. The maximum atomic E-state index is 12.9. The van der Waals surface area contributed by atoms with Gasteiger partial charge in [-0.25, -0.2) is 0 Å². The molecule has 1 aliphatic carbocycles. The van der Waals surface area contributed by atoms with E-state index in [2.05, 4.69) is 10.1 Å². The van der Waals surface area contributed by atoms with Gasteiger partial charge in [-0.3, -0.25) is 4.79 Å². The van der Waals surface area contributed by atoms with Crippen molar-refractivity contribution in [3.63, 3.8) is 0 Å². The topological polar surface area (TPSA) is 59.2 Å². The minimum absolute atomic E-state index is 0.151. The van der Waals surface area contributed by atoms with E-state index in [0.717, 1.165) is 31.2 Å². The van der Waals surface area contributed by atoms with Crippen molar-refractivity contribution < 1.29 is 9.32 Å². The van der Waals surface area contributed by atoms with Crippen LogP contribution < -0.4 is 0 Å². The number of aromatic nitrogens is 2. The van der Waals surface area contributed by atoms with Gasteiger partial charge >= 0.3 is 0 Å². The molecule has 0 radical (unpaired) electrons. The number of benzene rings is 1. The first-order valence-electron chi connectivity index (χ1n) is 8.90. The van der Waals surface area contributed by atoms with Crippen molar-refractivity contribution in [3.05, 3.63) is 36.2 Å². The van der Waals surface area contributed by atoms with Crippen LogP contribution in [0.2, 0.25) is 0 Å². The molecular formula is C19H25N3O2. The largest absolute Gasteiger partial charge is 0.337 e. The molecule has 1 atom stereocenters. The fourth-order valence-electron chi connectivity index (χ4n) is 3.45. The summed E-state index contributed by atoms with van der Waals surface area (Å²) in [6.07, 6.45) is 5.56. The second kappa shape index (κ2) is 7.60. The molecule has 1 heterocycles. The standard InChI is InChI=1S/C19H25N3O2/c1-3-22(19(23)16-12-8-5-9-13-16)14(2)18-20-17(21-24-18)15-10-6-4-7-11-15/h4,6-7,10-11,14,16H,3,5,8-9,12-13H2,1-2H3. The lowest BCUT2D eigenvalue weighted by Crippen LogP contribution is -2.38. The lowest BCUT2D eigenvalue weighted by Gasteiger charge is -2.31. The third kappa shape index (κ3) is 3.50. The van der Waals surface area contributed by atoms with Crippen molar-refractivity contribution in [3.8, 4) is 11.4 Å². The fraction of sp³-hybridized carbons (Fsp3) is 0.526. The SMILES string of the molecule is CCN(C(=O)C1CCCCC1)C(C)c1nc(-c2ccccc2)no1. The summed E-state index contributed by atoms with van der Waals surface area (Å²) in [6.45, 7) is 4.62. The van der Waals surface area contributed by atoms with E-state index in [0.29, 0.717) is 18.3 Å². The average Bonchev–Trinajstić information content (AvgIpc) is 3.14. The molecule has 1 aromatic heterocycles. The highest BCUT2D eigenvalue weighted by molar-refractivity contribution is 5.79. The Labute approximate surface area is 143 Å². The van der Waals surface area contributed by atoms with E-state index in [1.54, 1.807) is 0 Å². The first kappa shape index (κ1) is 16.7. The monoisotopic (exact) mass is 327 g/mol. The summed E-state index contributed by atoms with van der Waals surface area (Å²) in [5.41, 5.74) is 0.918. The lowest BCUT2D eigenvalue weighted by atomic mass is 9.88. The number of hydrogen-bond acceptors (Lipinski definition) is 4. The number of carbonyl (C=O) groups is 1. The summed E-state index contributed by atoms with van der Waals surface area (Å²) in [7, 11) is 0. The first-order valence-corrected chi connectivity index (χ1v) is 8.90. The van der Waals surface area contributed by atoms with Gasteiger partial charge in [-0.2, -0.15) is 4.98 Å². The maximum Gasteiger partial charge on any atom is 0.249 e. The molecule has 0 aliphatic heterocycles. The van der Waals surface area contributed by atoms with Crippen molar-refractivity contribution in [2.75, 3.05) is 6.54 Å². The quantitative estimate of drug-likeness (QED) is 0.824. The van der Waals surface area contributed by atoms with Gasteiger partial charge in [0.05, 0.1) is 0 Å². The Morgan fingerprint density at radius 2 is 1.96 bits per heavy atom. The van der Waals surface area contributed by atoms with Gasteiger partial charge in [0, 0.05) is 18.0 Å². The normalized spacial score (nSPS) is 16.8.